The van der Waals surface area contributed by atoms with Gasteiger partial charge in [-0.05, 0) is 33.6 Å². The highest BCUT2D eigenvalue weighted by atomic mass is 79.9. The third-order valence-electron chi connectivity index (χ3n) is 2.65. The van der Waals surface area contributed by atoms with Gasteiger partial charge in [0.15, 0.2) is 0 Å². The van der Waals surface area contributed by atoms with Gasteiger partial charge in [-0.25, -0.2) is 4.79 Å². The first-order chi connectivity index (χ1) is 10.1. The molecule has 1 heterocycles. The summed E-state index contributed by atoms with van der Waals surface area (Å²) >= 11 is 3.37. The van der Waals surface area contributed by atoms with Gasteiger partial charge in [-0.1, -0.05) is 12.1 Å². The molecule has 0 radical (unpaired) electrons. The number of ether oxygens (including phenoxy) is 2. The molecule has 0 atom stereocenters. The molecule has 1 aromatic carbocycles. The number of primary amides is 1. The fourth-order valence-corrected chi connectivity index (χ4v) is 2.10. The second-order valence-electron chi connectivity index (χ2n) is 4.37. The molecule has 6 nitrogen and oxygen atoms in total. The van der Waals surface area contributed by atoms with Crippen LogP contribution in [0, 0.1) is 0 Å². The summed E-state index contributed by atoms with van der Waals surface area (Å²) in [7, 11) is 0. The van der Waals surface area contributed by atoms with E-state index in [1.54, 1.807) is 6.20 Å². The first-order valence-electron chi connectivity index (χ1n) is 6.45. The lowest BCUT2D eigenvalue weighted by atomic mass is 10.2. The summed E-state index contributed by atoms with van der Waals surface area (Å²) in [6.07, 6.45) is 3.50. The summed E-state index contributed by atoms with van der Waals surface area (Å²) < 4.78 is 13.0. The number of halogens is 1. The number of hydrogen-bond donors (Lipinski definition) is 1. The van der Waals surface area contributed by atoms with Gasteiger partial charge in [0.05, 0.1) is 30.4 Å². The minimum Gasteiger partial charge on any atom is -0.493 e. The van der Waals surface area contributed by atoms with E-state index in [2.05, 4.69) is 25.8 Å². The van der Waals surface area contributed by atoms with Crippen molar-refractivity contribution < 1.29 is 14.3 Å². The summed E-state index contributed by atoms with van der Waals surface area (Å²) in [5.41, 5.74) is 5.96. The van der Waals surface area contributed by atoms with Gasteiger partial charge >= 0.3 is 6.09 Å². The van der Waals surface area contributed by atoms with Gasteiger partial charge in [0, 0.05) is 12.6 Å². The summed E-state index contributed by atoms with van der Waals surface area (Å²) in [6, 6.07) is 7.80. The van der Waals surface area contributed by atoms with Gasteiger partial charge in [-0.2, -0.15) is 5.10 Å². The predicted molar refractivity (Wildman–Crippen MR) is 81.1 cm³/mol. The molecule has 0 aliphatic rings. The van der Waals surface area contributed by atoms with Crippen molar-refractivity contribution in [3.63, 3.8) is 0 Å². The molecule has 0 aliphatic carbocycles. The summed E-state index contributed by atoms with van der Waals surface area (Å²) in [6.45, 7) is 1.40. The predicted octanol–water partition coefficient (Wildman–Crippen LogP) is 2.56. The van der Waals surface area contributed by atoms with E-state index < -0.39 is 6.09 Å². The van der Waals surface area contributed by atoms with Crippen molar-refractivity contribution in [1.82, 2.24) is 9.78 Å². The van der Waals surface area contributed by atoms with Crippen molar-refractivity contribution in [1.29, 1.82) is 0 Å². The Balaban J connectivity index is 1.81. The quantitative estimate of drug-likeness (QED) is 0.775. The van der Waals surface area contributed by atoms with Gasteiger partial charge in [0.1, 0.15) is 5.75 Å². The van der Waals surface area contributed by atoms with E-state index >= 15 is 0 Å². The average Bonchev–Trinajstić information content (AvgIpc) is 2.84. The van der Waals surface area contributed by atoms with Crippen LogP contribution in [0.15, 0.2) is 41.1 Å². The van der Waals surface area contributed by atoms with E-state index in [1.165, 1.54) is 0 Å². The van der Waals surface area contributed by atoms with Crippen molar-refractivity contribution >= 4 is 22.0 Å². The summed E-state index contributed by atoms with van der Waals surface area (Å²) in [5.74, 6) is 0.776. The van der Waals surface area contributed by atoms with Gasteiger partial charge in [-0.15, -0.1) is 0 Å². The van der Waals surface area contributed by atoms with Crippen LogP contribution < -0.4 is 10.5 Å². The molecule has 0 saturated heterocycles. The van der Waals surface area contributed by atoms with Gasteiger partial charge in [0.2, 0.25) is 0 Å². The SMILES string of the molecule is NC(=O)OCCCOc1cccc(Cn2cc(Br)cn2)c1. The maximum Gasteiger partial charge on any atom is 0.404 e. The lowest BCUT2D eigenvalue weighted by Crippen LogP contribution is -2.15. The van der Waals surface area contributed by atoms with Crippen molar-refractivity contribution in [2.45, 2.75) is 13.0 Å². The van der Waals surface area contributed by atoms with Crippen LogP contribution in [0.4, 0.5) is 4.79 Å². The molecule has 1 amide bonds. The highest BCUT2D eigenvalue weighted by Crippen LogP contribution is 2.15. The molecule has 2 rings (SSSR count). The molecule has 1 aromatic heterocycles. The first-order valence-corrected chi connectivity index (χ1v) is 7.25. The number of rotatable bonds is 7. The van der Waals surface area contributed by atoms with E-state index in [0.717, 1.165) is 15.8 Å². The van der Waals surface area contributed by atoms with Crippen LogP contribution in [-0.2, 0) is 11.3 Å². The van der Waals surface area contributed by atoms with E-state index in [9.17, 15) is 4.79 Å². The van der Waals surface area contributed by atoms with E-state index in [0.29, 0.717) is 19.6 Å². The molecule has 0 aliphatic heterocycles. The summed E-state index contributed by atoms with van der Waals surface area (Å²) in [5, 5.41) is 4.21. The second-order valence-corrected chi connectivity index (χ2v) is 5.29. The second kappa shape index (κ2) is 7.68. The topological polar surface area (TPSA) is 79.4 Å². The number of nitrogens with two attached hydrogens (primary N) is 1. The number of benzene rings is 1. The average molecular weight is 354 g/mol. The van der Waals surface area contributed by atoms with E-state index in [1.807, 2.05) is 35.1 Å². The molecule has 21 heavy (non-hydrogen) atoms. The fourth-order valence-electron chi connectivity index (χ4n) is 1.77. The van der Waals surface area contributed by atoms with Crippen molar-refractivity contribution in [3.05, 3.63) is 46.7 Å². The normalized spacial score (nSPS) is 10.3. The molecular weight excluding hydrogens is 338 g/mol. The number of amides is 1. The lowest BCUT2D eigenvalue weighted by Gasteiger charge is -2.08. The highest BCUT2D eigenvalue weighted by Gasteiger charge is 2.01. The van der Waals surface area contributed by atoms with Crippen LogP contribution in [0.3, 0.4) is 0 Å². The van der Waals surface area contributed by atoms with Crippen LogP contribution in [0.2, 0.25) is 0 Å². The highest BCUT2D eigenvalue weighted by molar-refractivity contribution is 9.10. The number of carbonyl (C=O) groups excluding carboxylic acids is 1. The molecule has 0 unspecified atom stereocenters. The Morgan fingerprint density at radius 2 is 2.24 bits per heavy atom. The van der Waals surface area contributed by atoms with Gasteiger partial charge < -0.3 is 15.2 Å². The van der Waals surface area contributed by atoms with Crippen molar-refractivity contribution in [2.75, 3.05) is 13.2 Å². The molecule has 2 aromatic rings. The monoisotopic (exact) mass is 353 g/mol. The zero-order chi connectivity index (χ0) is 15.1. The Morgan fingerprint density at radius 1 is 1.38 bits per heavy atom. The van der Waals surface area contributed by atoms with Gasteiger partial charge in [-0.3, -0.25) is 4.68 Å². The molecule has 0 spiro atoms. The Labute approximate surface area is 131 Å². The Bertz CT molecular complexity index is 601. The third-order valence-corrected chi connectivity index (χ3v) is 3.06. The number of aromatic nitrogens is 2. The smallest absolute Gasteiger partial charge is 0.404 e. The zero-order valence-electron chi connectivity index (χ0n) is 11.4. The number of hydrogen-bond acceptors (Lipinski definition) is 4. The van der Waals surface area contributed by atoms with Crippen LogP contribution in [-0.4, -0.2) is 29.1 Å². The number of nitrogens with zero attached hydrogens (tertiary/aromatic N) is 2. The van der Waals surface area contributed by atoms with Crippen LogP contribution in [0.1, 0.15) is 12.0 Å². The van der Waals surface area contributed by atoms with Crippen molar-refractivity contribution in [3.8, 4) is 5.75 Å². The molecule has 0 bridgehead atoms. The molecule has 7 heteroatoms. The largest absolute Gasteiger partial charge is 0.493 e. The van der Waals surface area contributed by atoms with Gasteiger partial charge in [0.25, 0.3) is 0 Å². The minimum atomic E-state index is -0.762. The molecule has 0 saturated carbocycles. The summed E-state index contributed by atoms with van der Waals surface area (Å²) in [4.78, 5) is 10.4. The maximum absolute atomic E-state index is 10.4. The third kappa shape index (κ3) is 5.47. The maximum atomic E-state index is 10.4. The zero-order valence-corrected chi connectivity index (χ0v) is 13.0. The molecule has 0 fully saturated rings. The lowest BCUT2D eigenvalue weighted by molar-refractivity contribution is 0.147. The van der Waals surface area contributed by atoms with Crippen molar-refractivity contribution in [2.24, 2.45) is 5.73 Å². The van der Waals surface area contributed by atoms with E-state index in [-0.39, 0.29) is 6.61 Å². The first kappa shape index (κ1) is 15.4. The Hall–Kier alpha value is -2.02. The minimum absolute atomic E-state index is 0.260. The van der Waals surface area contributed by atoms with Crippen LogP contribution in [0.5, 0.6) is 5.75 Å². The molecule has 112 valence electrons. The van der Waals surface area contributed by atoms with Crippen LogP contribution in [0.25, 0.3) is 0 Å². The molecular formula is C14H16BrN3O3. The Morgan fingerprint density at radius 3 is 2.95 bits per heavy atom. The Kier molecular flexibility index (Phi) is 5.62. The molecule has 2 N–H and O–H groups in total. The standard InChI is InChI=1S/C14H16BrN3O3/c15-12-8-17-18(10-12)9-11-3-1-4-13(7-11)20-5-2-6-21-14(16)19/h1,3-4,7-8,10H,2,5-6,9H2,(H2,16,19). The number of carbonyl (C=O) groups is 1. The van der Waals surface area contributed by atoms with Crippen LogP contribution >= 0.6 is 15.9 Å². The fraction of sp³-hybridized carbons (Fsp3) is 0.286. The van der Waals surface area contributed by atoms with E-state index in [4.69, 9.17) is 10.5 Å².